The maximum absolute atomic E-state index is 4.32. The van der Waals surface area contributed by atoms with Crippen LogP contribution in [-0.4, -0.2) is 25.6 Å². The molecule has 0 bridgehead atoms. The summed E-state index contributed by atoms with van der Waals surface area (Å²) in [7, 11) is 0. The summed E-state index contributed by atoms with van der Waals surface area (Å²) in [4.78, 5) is 4.32. The Morgan fingerprint density at radius 3 is 3.00 bits per heavy atom. The van der Waals surface area contributed by atoms with Crippen molar-refractivity contribution in [2.75, 3.05) is 19.6 Å². The minimum atomic E-state index is 0.765. The zero-order chi connectivity index (χ0) is 8.81. The van der Waals surface area contributed by atoms with Crippen LogP contribution in [0.15, 0.2) is 4.99 Å². The summed E-state index contributed by atoms with van der Waals surface area (Å²) < 4.78 is 0. The fourth-order valence-corrected chi connectivity index (χ4v) is 1.13. The van der Waals surface area contributed by atoms with Gasteiger partial charge in [0.1, 0.15) is 0 Å². The van der Waals surface area contributed by atoms with Gasteiger partial charge in [-0.25, -0.2) is 0 Å². The molecule has 2 N–H and O–H groups in total. The Labute approximate surface area is 74.6 Å². The molecule has 0 aliphatic carbocycles. The van der Waals surface area contributed by atoms with Crippen LogP contribution in [0.25, 0.3) is 0 Å². The van der Waals surface area contributed by atoms with Gasteiger partial charge in [-0.2, -0.15) is 0 Å². The molecule has 1 aliphatic heterocycles. The van der Waals surface area contributed by atoms with Crippen molar-refractivity contribution in [1.82, 2.24) is 10.6 Å². The zero-order valence-electron chi connectivity index (χ0n) is 8.06. The first kappa shape index (κ1) is 9.36. The Bertz CT molecular complexity index is 152. The molecule has 0 saturated heterocycles. The van der Waals surface area contributed by atoms with E-state index in [-0.39, 0.29) is 0 Å². The number of nitrogens with zero attached hydrogens (tertiary/aromatic N) is 1. The van der Waals surface area contributed by atoms with Gasteiger partial charge >= 0.3 is 0 Å². The van der Waals surface area contributed by atoms with Crippen molar-refractivity contribution in [3.05, 3.63) is 0 Å². The molecule has 0 aromatic heterocycles. The van der Waals surface area contributed by atoms with Gasteiger partial charge in [0.05, 0.1) is 0 Å². The van der Waals surface area contributed by atoms with Crippen LogP contribution in [0.5, 0.6) is 0 Å². The maximum atomic E-state index is 4.32. The number of nitrogens with one attached hydrogen (secondary N) is 2. The normalized spacial score (nSPS) is 17.1. The molecule has 3 heteroatoms. The highest BCUT2D eigenvalue weighted by Gasteiger charge is 2.02. The van der Waals surface area contributed by atoms with Crippen LogP contribution in [0.1, 0.15) is 26.7 Å². The molecule has 0 aromatic carbocycles. The van der Waals surface area contributed by atoms with Crippen molar-refractivity contribution in [3.63, 3.8) is 0 Å². The van der Waals surface area contributed by atoms with Gasteiger partial charge < -0.3 is 10.6 Å². The SMILES string of the molecule is CC(C)CCNC1=NCCCN1. The summed E-state index contributed by atoms with van der Waals surface area (Å²) in [5.41, 5.74) is 0. The van der Waals surface area contributed by atoms with Crippen LogP contribution in [0.3, 0.4) is 0 Å². The lowest BCUT2D eigenvalue weighted by Crippen LogP contribution is -2.41. The van der Waals surface area contributed by atoms with Crippen molar-refractivity contribution in [2.45, 2.75) is 26.7 Å². The van der Waals surface area contributed by atoms with E-state index >= 15 is 0 Å². The second-order valence-corrected chi connectivity index (χ2v) is 3.62. The Kier molecular flexibility index (Phi) is 3.91. The molecule has 0 unspecified atom stereocenters. The summed E-state index contributed by atoms with van der Waals surface area (Å²) in [5.74, 6) is 1.75. The average molecular weight is 169 g/mol. The molecule has 3 nitrogen and oxygen atoms in total. The Morgan fingerprint density at radius 2 is 2.42 bits per heavy atom. The fraction of sp³-hybridized carbons (Fsp3) is 0.889. The first-order valence-corrected chi connectivity index (χ1v) is 4.81. The van der Waals surface area contributed by atoms with E-state index < -0.39 is 0 Å². The molecule has 1 heterocycles. The van der Waals surface area contributed by atoms with Gasteiger partial charge in [-0.15, -0.1) is 0 Å². The number of hydrogen-bond donors (Lipinski definition) is 2. The number of aliphatic imine (C=N–C) groups is 1. The summed E-state index contributed by atoms with van der Waals surface area (Å²) >= 11 is 0. The molecule has 1 aliphatic rings. The van der Waals surface area contributed by atoms with Gasteiger partial charge in [-0.3, -0.25) is 4.99 Å². The average Bonchev–Trinajstić information content (AvgIpc) is 2.05. The van der Waals surface area contributed by atoms with E-state index in [4.69, 9.17) is 0 Å². The quantitative estimate of drug-likeness (QED) is 0.660. The van der Waals surface area contributed by atoms with E-state index in [1.165, 1.54) is 6.42 Å². The van der Waals surface area contributed by atoms with Crippen LogP contribution in [0.4, 0.5) is 0 Å². The third-order valence-electron chi connectivity index (χ3n) is 1.91. The topological polar surface area (TPSA) is 36.4 Å². The molecule has 0 fully saturated rings. The largest absolute Gasteiger partial charge is 0.356 e. The molecular weight excluding hydrogens is 150 g/mol. The van der Waals surface area contributed by atoms with Crippen LogP contribution >= 0.6 is 0 Å². The lowest BCUT2D eigenvalue weighted by atomic mass is 10.1. The van der Waals surface area contributed by atoms with Crippen molar-refractivity contribution >= 4 is 5.96 Å². The Balaban J connectivity index is 2.09. The predicted octanol–water partition coefficient (Wildman–Crippen LogP) is 0.971. The first-order valence-electron chi connectivity index (χ1n) is 4.81. The van der Waals surface area contributed by atoms with Crippen LogP contribution < -0.4 is 10.6 Å². The van der Waals surface area contributed by atoms with Gasteiger partial charge in [0, 0.05) is 19.6 Å². The third kappa shape index (κ3) is 3.60. The summed E-state index contributed by atoms with van der Waals surface area (Å²) in [6.07, 6.45) is 2.37. The third-order valence-corrected chi connectivity index (χ3v) is 1.91. The number of guanidine groups is 1. The summed E-state index contributed by atoms with van der Waals surface area (Å²) in [5, 5.41) is 6.52. The molecule has 0 aromatic rings. The molecule has 0 amide bonds. The van der Waals surface area contributed by atoms with Gasteiger partial charge in [-0.05, 0) is 18.8 Å². The van der Waals surface area contributed by atoms with Crippen molar-refractivity contribution in [3.8, 4) is 0 Å². The summed E-state index contributed by atoms with van der Waals surface area (Å²) in [6.45, 7) is 7.53. The van der Waals surface area contributed by atoms with E-state index in [0.29, 0.717) is 0 Å². The molecule has 0 saturated carbocycles. The molecule has 1 rings (SSSR count). The van der Waals surface area contributed by atoms with Gasteiger partial charge in [0.15, 0.2) is 5.96 Å². The van der Waals surface area contributed by atoms with Crippen LogP contribution in [0.2, 0.25) is 0 Å². The number of rotatable bonds is 3. The molecule has 0 radical (unpaired) electrons. The molecule has 70 valence electrons. The van der Waals surface area contributed by atoms with Crippen LogP contribution in [0, 0.1) is 5.92 Å². The van der Waals surface area contributed by atoms with E-state index in [9.17, 15) is 0 Å². The minimum Gasteiger partial charge on any atom is -0.356 e. The second kappa shape index (κ2) is 5.01. The van der Waals surface area contributed by atoms with E-state index in [1.807, 2.05) is 0 Å². The minimum absolute atomic E-state index is 0.765. The zero-order valence-corrected chi connectivity index (χ0v) is 8.06. The molecular formula is C9H19N3. The lowest BCUT2D eigenvalue weighted by Gasteiger charge is -2.16. The van der Waals surface area contributed by atoms with E-state index in [0.717, 1.165) is 37.9 Å². The van der Waals surface area contributed by atoms with Gasteiger partial charge in [0.25, 0.3) is 0 Å². The predicted molar refractivity (Wildman–Crippen MR) is 52.4 cm³/mol. The maximum Gasteiger partial charge on any atom is 0.191 e. The second-order valence-electron chi connectivity index (χ2n) is 3.62. The highest BCUT2D eigenvalue weighted by molar-refractivity contribution is 5.80. The number of hydrogen-bond acceptors (Lipinski definition) is 3. The fourth-order valence-electron chi connectivity index (χ4n) is 1.13. The van der Waals surface area contributed by atoms with Crippen molar-refractivity contribution in [2.24, 2.45) is 10.9 Å². The standard InChI is InChI=1S/C9H19N3/c1-8(2)4-7-12-9-10-5-3-6-11-9/h8H,3-7H2,1-2H3,(H2,10,11,12). The summed E-state index contributed by atoms with van der Waals surface area (Å²) in [6, 6.07) is 0. The van der Waals surface area contributed by atoms with E-state index in [2.05, 4.69) is 29.5 Å². The Hall–Kier alpha value is -0.730. The van der Waals surface area contributed by atoms with Crippen LogP contribution in [-0.2, 0) is 0 Å². The van der Waals surface area contributed by atoms with Crippen molar-refractivity contribution < 1.29 is 0 Å². The smallest absolute Gasteiger partial charge is 0.191 e. The Morgan fingerprint density at radius 1 is 1.58 bits per heavy atom. The molecule has 0 spiro atoms. The highest BCUT2D eigenvalue weighted by Crippen LogP contribution is 1.96. The lowest BCUT2D eigenvalue weighted by molar-refractivity contribution is 0.570. The first-order chi connectivity index (χ1) is 5.79. The monoisotopic (exact) mass is 169 g/mol. The highest BCUT2D eigenvalue weighted by atomic mass is 15.2. The van der Waals surface area contributed by atoms with E-state index in [1.54, 1.807) is 0 Å². The van der Waals surface area contributed by atoms with Crippen molar-refractivity contribution in [1.29, 1.82) is 0 Å². The molecule has 0 atom stereocenters. The molecule has 12 heavy (non-hydrogen) atoms. The van der Waals surface area contributed by atoms with Gasteiger partial charge in [0.2, 0.25) is 0 Å². The van der Waals surface area contributed by atoms with Gasteiger partial charge in [-0.1, -0.05) is 13.8 Å².